The molecule has 1 N–H and O–H groups in total. The van der Waals surface area contributed by atoms with Crippen LogP contribution in [0.3, 0.4) is 0 Å². The molecule has 1 saturated carbocycles. The van der Waals surface area contributed by atoms with Crippen molar-refractivity contribution >= 4 is 11.9 Å². The van der Waals surface area contributed by atoms with Crippen LogP contribution in [0.2, 0.25) is 0 Å². The molecule has 0 spiro atoms. The lowest BCUT2D eigenvalue weighted by atomic mass is 9.87. The Morgan fingerprint density at radius 3 is 2.56 bits per heavy atom. The van der Waals surface area contributed by atoms with Gasteiger partial charge in [-0.1, -0.05) is 18.9 Å². The second kappa shape index (κ2) is 8.61. The summed E-state index contributed by atoms with van der Waals surface area (Å²) in [5.74, 6) is 1.06. The van der Waals surface area contributed by atoms with Gasteiger partial charge in [-0.2, -0.15) is 0 Å². The Hall–Kier alpha value is -2.28. The number of amides is 1. The van der Waals surface area contributed by atoms with Crippen molar-refractivity contribution in [2.75, 3.05) is 40.0 Å². The van der Waals surface area contributed by atoms with Crippen LogP contribution in [0.1, 0.15) is 38.2 Å². The predicted molar refractivity (Wildman–Crippen MR) is 99.9 cm³/mol. The summed E-state index contributed by atoms with van der Waals surface area (Å²) >= 11 is 0. The summed E-state index contributed by atoms with van der Waals surface area (Å²) < 4.78 is 16.2. The molecule has 0 aromatic heterocycles. The molecular formula is C20H28N2O5. The Labute approximate surface area is 160 Å². The monoisotopic (exact) mass is 376 g/mol. The molecule has 0 saturated heterocycles. The number of hydrogen-bond acceptors (Lipinski definition) is 6. The summed E-state index contributed by atoms with van der Waals surface area (Å²) in [5, 5.41) is 3.22. The SMILES string of the molecule is CCOC(=O)CN(C)CC(=O)NC1(c2ccc3c(c2)OCCO3)CCCC1. The summed E-state index contributed by atoms with van der Waals surface area (Å²) in [5.41, 5.74) is 0.656. The van der Waals surface area contributed by atoms with E-state index in [0.29, 0.717) is 19.8 Å². The number of esters is 1. The quantitative estimate of drug-likeness (QED) is 0.732. The molecular weight excluding hydrogens is 348 g/mol. The van der Waals surface area contributed by atoms with E-state index in [1.807, 2.05) is 18.2 Å². The zero-order valence-electron chi connectivity index (χ0n) is 16.1. The Morgan fingerprint density at radius 1 is 1.15 bits per heavy atom. The fourth-order valence-electron chi connectivity index (χ4n) is 3.84. The van der Waals surface area contributed by atoms with E-state index in [-0.39, 0.29) is 25.0 Å². The molecule has 0 bridgehead atoms. The minimum Gasteiger partial charge on any atom is -0.486 e. The van der Waals surface area contributed by atoms with Crippen LogP contribution in [0, 0.1) is 0 Å². The standard InChI is InChI=1S/C20H28N2O5/c1-3-25-19(24)14-22(2)13-18(23)21-20(8-4-5-9-20)15-6-7-16-17(12-15)27-11-10-26-16/h6-7,12H,3-5,8-11,13-14H2,1-2H3,(H,21,23). The zero-order valence-corrected chi connectivity index (χ0v) is 16.1. The maximum absolute atomic E-state index is 12.7. The lowest BCUT2D eigenvalue weighted by Gasteiger charge is -2.33. The van der Waals surface area contributed by atoms with Crippen molar-refractivity contribution in [3.8, 4) is 11.5 Å². The van der Waals surface area contributed by atoms with Gasteiger partial charge in [-0.3, -0.25) is 14.5 Å². The first-order valence-corrected chi connectivity index (χ1v) is 9.58. The van der Waals surface area contributed by atoms with Gasteiger partial charge in [-0.15, -0.1) is 0 Å². The van der Waals surface area contributed by atoms with Crippen molar-refractivity contribution in [3.63, 3.8) is 0 Å². The number of nitrogens with one attached hydrogen (secondary N) is 1. The van der Waals surface area contributed by atoms with E-state index in [9.17, 15) is 9.59 Å². The van der Waals surface area contributed by atoms with Gasteiger partial charge < -0.3 is 19.5 Å². The van der Waals surface area contributed by atoms with Crippen molar-refractivity contribution in [1.82, 2.24) is 10.2 Å². The Morgan fingerprint density at radius 2 is 1.85 bits per heavy atom. The van der Waals surface area contributed by atoms with E-state index in [4.69, 9.17) is 14.2 Å². The fourth-order valence-corrected chi connectivity index (χ4v) is 3.84. The Balaban J connectivity index is 1.68. The summed E-state index contributed by atoms with van der Waals surface area (Å²) in [6, 6.07) is 5.92. The molecule has 3 rings (SSSR count). The number of hydrogen-bond donors (Lipinski definition) is 1. The number of carbonyl (C=O) groups is 2. The maximum Gasteiger partial charge on any atom is 0.320 e. The molecule has 1 fully saturated rings. The Kier molecular flexibility index (Phi) is 6.21. The summed E-state index contributed by atoms with van der Waals surface area (Å²) in [6.45, 7) is 3.44. The Bertz CT molecular complexity index is 685. The van der Waals surface area contributed by atoms with Gasteiger partial charge in [0.25, 0.3) is 0 Å². The van der Waals surface area contributed by atoms with E-state index in [2.05, 4.69) is 5.32 Å². The summed E-state index contributed by atoms with van der Waals surface area (Å²) in [4.78, 5) is 25.9. The summed E-state index contributed by atoms with van der Waals surface area (Å²) in [6.07, 6.45) is 3.90. The van der Waals surface area contributed by atoms with Gasteiger partial charge in [0.05, 0.1) is 25.2 Å². The number of carbonyl (C=O) groups excluding carboxylic acids is 2. The first kappa shape index (κ1) is 19.5. The average Bonchev–Trinajstić information content (AvgIpc) is 3.10. The third kappa shape index (κ3) is 4.71. The van der Waals surface area contributed by atoms with Crippen molar-refractivity contribution in [1.29, 1.82) is 0 Å². The number of ether oxygens (including phenoxy) is 3. The first-order valence-electron chi connectivity index (χ1n) is 9.58. The topological polar surface area (TPSA) is 77.1 Å². The van der Waals surface area contributed by atoms with Crippen LogP contribution < -0.4 is 14.8 Å². The van der Waals surface area contributed by atoms with E-state index in [1.54, 1.807) is 18.9 Å². The van der Waals surface area contributed by atoms with Crippen LogP contribution in [-0.4, -0.2) is 56.7 Å². The second-order valence-electron chi connectivity index (χ2n) is 7.17. The van der Waals surface area contributed by atoms with E-state index < -0.39 is 5.54 Å². The lowest BCUT2D eigenvalue weighted by molar-refractivity contribution is -0.144. The van der Waals surface area contributed by atoms with Crippen LogP contribution in [0.25, 0.3) is 0 Å². The molecule has 1 aromatic rings. The van der Waals surface area contributed by atoms with Crippen molar-refractivity contribution in [2.45, 2.75) is 38.1 Å². The molecule has 0 atom stereocenters. The van der Waals surface area contributed by atoms with Crippen LogP contribution in [0.5, 0.6) is 11.5 Å². The van der Waals surface area contributed by atoms with Gasteiger partial charge in [0, 0.05) is 0 Å². The van der Waals surface area contributed by atoms with Gasteiger partial charge in [-0.25, -0.2) is 0 Å². The van der Waals surface area contributed by atoms with E-state index in [0.717, 1.165) is 42.7 Å². The highest BCUT2D eigenvalue weighted by Gasteiger charge is 2.38. The zero-order chi connectivity index (χ0) is 19.3. The van der Waals surface area contributed by atoms with Gasteiger partial charge in [-0.05, 0) is 44.5 Å². The number of rotatable bonds is 7. The number of nitrogens with zero attached hydrogens (tertiary/aromatic N) is 1. The molecule has 1 heterocycles. The smallest absolute Gasteiger partial charge is 0.320 e. The largest absolute Gasteiger partial charge is 0.486 e. The maximum atomic E-state index is 12.7. The average molecular weight is 376 g/mol. The minimum absolute atomic E-state index is 0.0955. The van der Waals surface area contributed by atoms with E-state index in [1.165, 1.54) is 0 Å². The van der Waals surface area contributed by atoms with Crippen LogP contribution >= 0.6 is 0 Å². The van der Waals surface area contributed by atoms with Crippen molar-refractivity contribution in [3.05, 3.63) is 23.8 Å². The molecule has 7 heteroatoms. The molecule has 0 radical (unpaired) electrons. The molecule has 148 valence electrons. The van der Waals surface area contributed by atoms with Gasteiger partial charge >= 0.3 is 5.97 Å². The minimum atomic E-state index is -0.391. The summed E-state index contributed by atoms with van der Waals surface area (Å²) in [7, 11) is 1.74. The van der Waals surface area contributed by atoms with Crippen LogP contribution in [0.4, 0.5) is 0 Å². The first-order chi connectivity index (χ1) is 13.0. The number of fused-ring (bicyclic) bond motifs is 1. The fraction of sp³-hybridized carbons (Fsp3) is 0.600. The third-order valence-electron chi connectivity index (χ3n) is 5.05. The molecule has 27 heavy (non-hydrogen) atoms. The van der Waals surface area contributed by atoms with E-state index >= 15 is 0 Å². The van der Waals surface area contributed by atoms with Gasteiger partial charge in [0.2, 0.25) is 5.91 Å². The normalized spacial score (nSPS) is 17.6. The molecule has 1 aliphatic carbocycles. The number of likely N-dealkylation sites (N-methyl/N-ethyl adjacent to an activating group) is 1. The van der Waals surface area contributed by atoms with Crippen LogP contribution in [-0.2, 0) is 19.9 Å². The van der Waals surface area contributed by atoms with Crippen molar-refractivity contribution in [2.24, 2.45) is 0 Å². The highest BCUT2D eigenvalue weighted by Crippen LogP contribution is 2.42. The predicted octanol–water partition coefficient (Wildman–Crippen LogP) is 1.84. The molecule has 1 aliphatic heterocycles. The highest BCUT2D eigenvalue weighted by molar-refractivity contribution is 5.80. The third-order valence-corrected chi connectivity index (χ3v) is 5.05. The molecule has 2 aliphatic rings. The highest BCUT2D eigenvalue weighted by atomic mass is 16.6. The lowest BCUT2D eigenvalue weighted by Crippen LogP contribution is -2.48. The second-order valence-corrected chi connectivity index (χ2v) is 7.17. The molecule has 7 nitrogen and oxygen atoms in total. The molecule has 1 amide bonds. The number of benzene rings is 1. The van der Waals surface area contributed by atoms with Gasteiger partial charge in [0.1, 0.15) is 13.2 Å². The molecule has 0 unspecified atom stereocenters. The van der Waals surface area contributed by atoms with Crippen molar-refractivity contribution < 1.29 is 23.8 Å². The van der Waals surface area contributed by atoms with Crippen LogP contribution in [0.15, 0.2) is 18.2 Å². The molecule has 1 aromatic carbocycles. The van der Waals surface area contributed by atoms with Gasteiger partial charge in [0.15, 0.2) is 11.5 Å².